The number of amides is 1. The zero-order valence-corrected chi connectivity index (χ0v) is 21.0. The Hall–Kier alpha value is -3.36. The Balaban J connectivity index is 1.46. The molecule has 0 atom stereocenters. The molecule has 184 valence electrons. The SMILES string of the molecule is COc1ccc(CCN(C)C(=O)c2cccc(S(=O)(=O)N3CCc4ccccc4C3)c2)cc1OC. The number of rotatable bonds is 8. The van der Waals surface area contributed by atoms with Crippen molar-refractivity contribution in [2.24, 2.45) is 0 Å². The second kappa shape index (κ2) is 10.5. The third kappa shape index (κ3) is 5.33. The Morgan fingerprint density at radius 1 is 0.943 bits per heavy atom. The fraction of sp³-hybridized carbons (Fsp3) is 0.296. The molecule has 0 saturated carbocycles. The first-order valence-corrected chi connectivity index (χ1v) is 12.9. The highest BCUT2D eigenvalue weighted by Crippen LogP contribution is 2.28. The average Bonchev–Trinajstić information content (AvgIpc) is 2.90. The lowest BCUT2D eigenvalue weighted by Gasteiger charge is -2.28. The van der Waals surface area contributed by atoms with Crippen molar-refractivity contribution in [2.45, 2.75) is 24.3 Å². The standard InChI is InChI=1S/C27H30N2O5S/c1-28(15-13-20-11-12-25(33-2)26(17-20)34-3)27(30)22-9-6-10-24(18-22)35(31,32)29-16-14-21-7-4-5-8-23(21)19-29/h4-12,17-18H,13-16,19H2,1-3H3. The van der Waals surface area contributed by atoms with Gasteiger partial charge < -0.3 is 14.4 Å². The average molecular weight is 495 g/mol. The van der Waals surface area contributed by atoms with Crippen LogP contribution in [0, 0.1) is 0 Å². The fourth-order valence-electron chi connectivity index (χ4n) is 4.27. The van der Waals surface area contributed by atoms with E-state index in [1.54, 1.807) is 44.4 Å². The lowest BCUT2D eigenvalue weighted by molar-refractivity contribution is 0.0796. The minimum absolute atomic E-state index is 0.135. The second-order valence-corrected chi connectivity index (χ2v) is 10.5. The molecule has 8 heteroatoms. The summed E-state index contributed by atoms with van der Waals surface area (Å²) in [6.45, 7) is 1.22. The molecule has 7 nitrogen and oxygen atoms in total. The van der Waals surface area contributed by atoms with Crippen molar-refractivity contribution in [3.8, 4) is 11.5 Å². The van der Waals surface area contributed by atoms with Crippen molar-refractivity contribution in [3.05, 3.63) is 89.0 Å². The van der Waals surface area contributed by atoms with E-state index in [9.17, 15) is 13.2 Å². The van der Waals surface area contributed by atoms with E-state index in [4.69, 9.17) is 9.47 Å². The van der Waals surface area contributed by atoms with Crippen LogP contribution in [0.4, 0.5) is 0 Å². The number of carbonyl (C=O) groups excluding carboxylic acids is 1. The van der Waals surface area contributed by atoms with Crippen molar-refractivity contribution in [1.29, 1.82) is 0 Å². The Morgan fingerprint density at radius 2 is 1.69 bits per heavy atom. The Morgan fingerprint density at radius 3 is 2.43 bits per heavy atom. The van der Waals surface area contributed by atoms with E-state index >= 15 is 0 Å². The smallest absolute Gasteiger partial charge is 0.253 e. The predicted molar refractivity (Wildman–Crippen MR) is 134 cm³/mol. The van der Waals surface area contributed by atoms with E-state index in [0.717, 1.165) is 11.1 Å². The minimum atomic E-state index is -3.72. The van der Waals surface area contributed by atoms with E-state index in [1.165, 1.54) is 15.9 Å². The molecule has 0 N–H and O–H groups in total. The summed E-state index contributed by atoms with van der Waals surface area (Å²) in [6.07, 6.45) is 1.29. The van der Waals surface area contributed by atoms with Crippen LogP contribution < -0.4 is 9.47 Å². The van der Waals surface area contributed by atoms with Crippen LogP contribution >= 0.6 is 0 Å². The Kier molecular flexibility index (Phi) is 7.42. The number of hydrogen-bond donors (Lipinski definition) is 0. The van der Waals surface area contributed by atoms with Gasteiger partial charge in [0.1, 0.15) is 0 Å². The van der Waals surface area contributed by atoms with Gasteiger partial charge in [-0.3, -0.25) is 4.79 Å². The highest BCUT2D eigenvalue weighted by molar-refractivity contribution is 7.89. The van der Waals surface area contributed by atoms with Gasteiger partial charge in [-0.05, 0) is 59.9 Å². The van der Waals surface area contributed by atoms with Gasteiger partial charge in [0, 0.05) is 32.2 Å². The summed E-state index contributed by atoms with van der Waals surface area (Å²) in [6, 6.07) is 19.9. The summed E-state index contributed by atoms with van der Waals surface area (Å²) >= 11 is 0. The number of methoxy groups -OCH3 is 2. The highest BCUT2D eigenvalue weighted by Gasteiger charge is 2.29. The number of nitrogens with zero attached hydrogens (tertiary/aromatic N) is 2. The molecule has 3 aromatic rings. The second-order valence-electron chi connectivity index (χ2n) is 8.55. The maximum atomic E-state index is 13.3. The van der Waals surface area contributed by atoms with Gasteiger partial charge in [0.2, 0.25) is 10.0 Å². The number of carbonyl (C=O) groups is 1. The molecule has 0 aromatic heterocycles. The number of benzene rings is 3. The van der Waals surface area contributed by atoms with Crippen LogP contribution in [0.15, 0.2) is 71.6 Å². The van der Waals surface area contributed by atoms with Gasteiger partial charge in [-0.2, -0.15) is 4.31 Å². The van der Waals surface area contributed by atoms with E-state index in [0.29, 0.717) is 49.5 Å². The molecule has 0 unspecified atom stereocenters. The first-order valence-electron chi connectivity index (χ1n) is 11.5. The summed E-state index contributed by atoms with van der Waals surface area (Å²) < 4.78 is 38.8. The van der Waals surface area contributed by atoms with Crippen LogP contribution in [0.25, 0.3) is 0 Å². The van der Waals surface area contributed by atoms with Gasteiger partial charge >= 0.3 is 0 Å². The molecule has 1 aliphatic rings. The molecule has 0 bridgehead atoms. The molecule has 0 fully saturated rings. The largest absolute Gasteiger partial charge is 0.493 e. The van der Waals surface area contributed by atoms with Crippen molar-refractivity contribution < 1.29 is 22.7 Å². The number of hydrogen-bond acceptors (Lipinski definition) is 5. The van der Waals surface area contributed by atoms with Gasteiger partial charge in [-0.25, -0.2) is 8.42 Å². The lowest BCUT2D eigenvalue weighted by Crippen LogP contribution is -2.36. The van der Waals surface area contributed by atoms with Gasteiger partial charge in [0.05, 0.1) is 19.1 Å². The summed E-state index contributed by atoms with van der Waals surface area (Å²) in [4.78, 5) is 14.8. The summed E-state index contributed by atoms with van der Waals surface area (Å²) in [5, 5.41) is 0. The third-order valence-corrected chi connectivity index (χ3v) is 8.19. The molecular weight excluding hydrogens is 464 g/mol. The number of sulfonamides is 1. The van der Waals surface area contributed by atoms with E-state index in [-0.39, 0.29) is 10.8 Å². The Labute approximate surface area is 206 Å². The van der Waals surface area contributed by atoms with Gasteiger partial charge in [0.25, 0.3) is 5.91 Å². The van der Waals surface area contributed by atoms with Crippen LogP contribution in [0.2, 0.25) is 0 Å². The zero-order chi connectivity index (χ0) is 25.0. The number of likely N-dealkylation sites (N-methyl/N-ethyl adjacent to an activating group) is 1. The normalized spacial score (nSPS) is 13.7. The zero-order valence-electron chi connectivity index (χ0n) is 20.2. The highest BCUT2D eigenvalue weighted by atomic mass is 32.2. The van der Waals surface area contributed by atoms with Crippen molar-refractivity contribution in [3.63, 3.8) is 0 Å². The summed E-state index contributed by atoms with van der Waals surface area (Å²) in [5.74, 6) is 1.06. The molecule has 0 radical (unpaired) electrons. The van der Waals surface area contributed by atoms with Crippen LogP contribution in [0.5, 0.6) is 11.5 Å². The monoisotopic (exact) mass is 494 g/mol. The quantitative estimate of drug-likeness (QED) is 0.477. The molecule has 4 rings (SSSR count). The summed E-state index contributed by atoms with van der Waals surface area (Å²) in [7, 11) is 1.16. The molecule has 1 heterocycles. The molecule has 0 saturated heterocycles. The lowest BCUT2D eigenvalue weighted by atomic mass is 10.0. The van der Waals surface area contributed by atoms with E-state index in [1.807, 2.05) is 42.5 Å². The first-order chi connectivity index (χ1) is 16.8. The molecule has 1 aliphatic heterocycles. The molecular formula is C27H30N2O5S. The van der Waals surface area contributed by atoms with Gasteiger partial charge in [-0.15, -0.1) is 0 Å². The topological polar surface area (TPSA) is 76.2 Å². The molecule has 0 spiro atoms. The predicted octanol–water partition coefficient (Wildman–Crippen LogP) is 3.77. The van der Waals surface area contributed by atoms with Gasteiger partial charge in [0.15, 0.2) is 11.5 Å². The molecule has 35 heavy (non-hydrogen) atoms. The Bertz CT molecular complexity index is 1320. The number of ether oxygens (including phenoxy) is 2. The van der Waals surface area contributed by atoms with E-state index in [2.05, 4.69) is 0 Å². The van der Waals surface area contributed by atoms with Crippen LogP contribution in [-0.2, 0) is 29.4 Å². The van der Waals surface area contributed by atoms with Crippen molar-refractivity contribution >= 4 is 15.9 Å². The molecule has 3 aromatic carbocycles. The van der Waals surface area contributed by atoms with E-state index < -0.39 is 10.0 Å². The fourth-order valence-corrected chi connectivity index (χ4v) is 5.73. The minimum Gasteiger partial charge on any atom is -0.493 e. The van der Waals surface area contributed by atoms with Crippen LogP contribution in [0.3, 0.4) is 0 Å². The number of fused-ring (bicyclic) bond motifs is 1. The first kappa shape index (κ1) is 24.8. The molecule has 0 aliphatic carbocycles. The maximum Gasteiger partial charge on any atom is 0.253 e. The van der Waals surface area contributed by atoms with Crippen molar-refractivity contribution in [1.82, 2.24) is 9.21 Å². The third-order valence-electron chi connectivity index (χ3n) is 6.34. The summed E-state index contributed by atoms with van der Waals surface area (Å²) in [5.41, 5.74) is 3.55. The van der Waals surface area contributed by atoms with Crippen LogP contribution in [-0.4, -0.2) is 57.9 Å². The van der Waals surface area contributed by atoms with Crippen molar-refractivity contribution in [2.75, 3.05) is 34.4 Å². The molecule has 1 amide bonds. The van der Waals surface area contributed by atoms with Crippen LogP contribution in [0.1, 0.15) is 27.0 Å². The van der Waals surface area contributed by atoms with Gasteiger partial charge in [-0.1, -0.05) is 36.4 Å². The maximum absolute atomic E-state index is 13.3.